The molecule has 0 radical (unpaired) electrons. The van der Waals surface area contributed by atoms with Gasteiger partial charge in [-0.3, -0.25) is 0 Å². The summed E-state index contributed by atoms with van der Waals surface area (Å²) < 4.78 is 6.34. The van der Waals surface area contributed by atoms with Crippen LogP contribution < -0.4 is 11.1 Å². The summed E-state index contributed by atoms with van der Waals surface area (Å²) in [6.07, 6.45) is 4.31. The van der Waals surface area contributed by atoms with Gasteiger partial charge in [-0.15, -0.1) is 0 Å². The van der Waals surface area contributed by atoms with Gasteiger partial charge in [-0.25, -0.2) is 9.97 Å². The number of likely N-dealkylation sites (tertiary alicyclic amines) is 1. The summed E-state index contributed by atoms with van der Waals surface area (Å²) in [5.41, 5.74) is 9.11. The number of hydrogen-bond acceptors (Lipinski definition) is 7. The lowest BCUT2D eigenvalue weighted by Crippen LogP contribution is -2.48. The minimum absolute atomic E-state index is 0.0217. The molecule has 3 fully saturated rings. The van der Waals surface area contributed by atoms with E-state index in [0.29, 0.717) is 24.3 Å². The quantitative estimate of drug-likeness (QED) is 0.687. The second-order valence-corrected chi connectivity index (χ2v) is 9.75. The molecule has 2 aromatic rings. The number of nitrogens with one attached hydrogen (secondary N) is 1. The summed E-state index contributed by atoms with van der Waals surface area (Å²) in [5.74, 6) is 1.24. The van der Waals surface area contributed by atoms with Crippen LogP contribution in [-0.2, 0) is 16.8 Å². The average Bonchev–Trinajstić information content (AvgIpc) is 3.27. The Morgan fingerprint density at radius 1 is 1.23 bits per heavy atom. The van der Waals surface area contributed by atoms with Crippen molar-refractivity contribution in [3.8, 4) is 0 Å². The number of aliphatic hydroxyl groups excluding tert-OH is 1. The summed E-state index contributed by atoms with van der Waals surface area (Å²) in [6, 6.07) is 10.7. The molecule has 7 heteroatoms. The van der Waals surface area contributed by atoms with E-state index in [1.165, 1.54) is 11.1 Å². The Morgan fingerprint density at radius 2 is 2.03 bits per heavy atom. The van der Waals surface area contributed by atoms with Gasteiger partial charge < -0.3 is 25.8 Å². The van der Waals surface area contributed by atoms with Crippen LogP contribution in [0, 0.1) is 11.3 Å². The number of hydrogen-bond donors (Lipinski definition) is 3. The van der Waals surface area contributed by atoms with Gasteiger partial charge in [-0.05, 0) is 42.2 Å². The topological polar surface area (TPSA) is 96.5 Å². The van der Waals surface area contributed by atoms with Crippen molar-refractivity contribution in [3.63, 3.8) is 0 Å². The maximum atomic E-state index is 10.9. The Kier molecular flexibility index (Phi) is 4.58. The lowest BCUT2D eigenvalue weighted by molar-refractivity contribution is -0.102. The largest absolute Gasteiger partial charge is 0.391 e. The third kappa shape index (κ3) is 3.02. The smallest absolute Gasteiger partial charge is 0.220 e. The molecule has 1 saturated carbocycles. The fourth-order valence-electron chi connectivity index (χ4n) is 6.63. The van der Waals surface area contributed by atoms with E-state index in [4.69, 9.17) is 10.5 Å². The number of nitrogens with zero attached hydrogens (tertiary/aromatic N) is 3. The molecule has 0 unspecified atom stereocenters. The number of nitrogen functional groups attached to an aromatic ring is 1. The van der Waals surface area contributed by atoms with Gasteiger partial charge >= 0.3 is 0 Å². The highest BCUT2D eigenvalue weighted by Gasteiger charge is 2.69. The SMILES string of the molecule is Nc1ncc2c(n1)C1(CCN(C[C@@H]3[C@@H](c4ccccc4)[C@]34CNC[C@H]4O)CC1)OCC2. The zero-order chi connectivity index (χ0) is 21.1. The first-order chi connectivity index (χ1) is 15.1. The van der Waals surface area contributed by atoms with Crippen molar-refractivity contribution in [2.45, 2.75) is 36.9 Å². The summed E-state index contributed by atoms with van der Waals surface area (Å²) in [4.78, 5) is 11.3. The molecule has 4 N–H and O–H groups in total. The lowest BCUT2D eigenvalue weighted by atomic mass is 9.83. The molecular formula is C24H31N5O2. The van der Waals surface area contributed by atoms with Crippen molar-refractivity contribution >= 4 is 5.95 Å². The fourth-order valence-corrected chi connectivity index (χ4v) is 6.63. The van der Waals surface area contributed by atoms with E-state index < -0.39 is 0 Å². The third-order valence-electron chi connectivity index (χ3n) is 8.29. The number of benzene rings is 1. The number of rotatable bonds is 3. The van der Waals surface area contributed by atoms with Gasteiger partial charge in [-0.1, -0.05) is 30.3 Å². The maximum absolute atomic E-state index is 10.9. The number of fused-ring (bicyclic) bond motifs is 2. The first-order valence-corrected chi connectivity index (χ1v) is 11.5. The van der Waals surface area contributed by atoms with Gasteiger partial charge in [0.25, 0.3) is 0 Å². The molecule has 7 nitrogen and oxygen atoms in total. The molecule has 1 aromatic heterocycles. The highest BCUT2D eigenvalue weighted by atomic mass is 16.5. The molecule has 3 aliphatic heterocycles. The Bertz CT molecular complexity index is 962. The highest BCUT2D eigenvalue weighted by molar-refractivity contribution is 5.37. The highest BCUT2D eigenvalue weighted by Crippen LogP contribution is 2.68. The molecule has 0 bridgehead atoms. The number of nitrogens with two attached hydrogens (primary N) is 1. The molecule has 164 valence electrons. The van der Waals surface area contributed by atoms with Crippen LogP contribution in [0.3, 0.4) is 0 Å². The molecule has 2 saturated heterocycles. The fraction of sp³-hybridized carbons (Fsp3) is 0.583. The third-order valence-corrected chi connectivity index (χ3v) is 8.29. The molecule has 1 aliphatic carbocycles. The Morgan fingerprint density at radius 3 is 2.77 bits per heavy atom. The zero-order valence-corrected chi connectivity index (χ0v) is 17.8. The van der Waals surface area contributed by atoms with Crippen LogP contribution >= 0.6 is 0 Å². The summed E-state index contributed by atoms with van der Waals surface area (Å²) in [7, 11) is 0. The normalized spacial score (nSPS) is 34.2. The van der Waals surface area contributed by atoms with Gasteiger partial charge in [0, 0.05) is 44.3 Å². The maximum Gasteiger partial charge on any atom is 0.220 e. The number of anilines is 1. The molecule has 2 spiro atoms. The summed E-state index contributed by atoms with van der Waals surface area (Å²) >= 11 is 0. The van der Waals surface area contributed by atoms with Crippen LogP contribution in [0.1, 0.15) is 35.6 Å². The molecule has 0 amide bonds. The van der Waals surface area contributed by atoms with Crippen molar-refractivity contribution < 1.29 is 9.84 Å². The molecule has 4 aliphatic rings. The van der Waals surface area contributed by atoms with Crippen LogP contribution in [0.15, 0.2) is 36.5 Å². The van der Waals surface area contributed by atoms with Crippen molar-refractivity contribution in [2.75, 3.05) is 45.1 Å². The second kappa shape index (κ2) is 7.24. The Hall–Kier alpha value is -2.06. The molecule has 31 heavy (non-hydrogen) atoms. The van der Waals surface area contributed by atoms with E-state index >= 15 is 0 Å². The summed E-state index contributed by atoms with van der Waals surface area (Å²) in [6.45, 7) is 5.30. The number of piperidine rings is 1. The lowest BCUT2D eigenvalue weighted by Gasteiger charge is -2.44. The van der Waals surface area contributed by atoms with Gasteiger partial charge in [0.05, 0.1) is 18.4 Å². The standard InChI is InChI=1S/C24H31N5O2/c25-22-27-12-17-6-11-31-23(21(17)28-22)7-9-29(10-8-23)14-18-20(16-4-2-1-3-5-16)24(18)15-26-13-19(24)30/h1-5,12,18-20,26,30H,6-11,13-15H2,(H2,25,27,28)/t18-,19-,20-,24-/m1/s1. The molecule has 1 aromatic carbocycles. The van der Waals surface area contributed by atoms with E-state index in [0.717, 1.165) is 57.7 Å². The number of ether oxygens (including phenoxy) is 1. The van der Waals surface area contributed by atoms with E-state index in [-0.39, 0.29) is 17.1 Å². The van der Waals surface area contributed by atoms with Crippen LogP contribution in [0.25, 0.3) is 0 Å². The van der Waals surface area contributed by atoms with Gasteiger partial charge in [0.2, 0.25) is 5.95 Å². The zero-order valence-electron chi connectivity index (χ0n) is 17.8. The number of β-amino-alcohol motifs (C(OH)–C–C–N with tert-alkyl or cyclic N) is 1. The number of aromatic nitrogens is 2. The summed E-state index contributed by atoms with van der Waals surface area (Å²) in [5, 5.41) is 14.3. The second-order valence-electron chi connectivity index (χ2n) is 9.75. The minimum atomic E-state index is -0.324. The average molecular weight is 422 g/mol. The first-order valence-electron chi connectivity index (χ1n) is 11.5. The van der Waals surface area contributed by atoms with E-state index in [1.54, 1.807) is 0 Å². The Balaban J connectivity index is 1.19. The van der Waals surface area contributed by atoms with Gasteiger partial charge in [-0.2, -0.15) is 0 Å². The van der Waals surface area contributed by atoms with Crippen molar-refractivity contribution in [1.29, 1.82) is 0 Å². The first kappa shape index (κ1) is 19.6. The molecular weight excluding hydrogens is 390 g/mol. The monoisotopic (exact) mass is 421 g/mol. The predicted molar refractivity (Wildman–Crippen MR) is 117 cm³/mol. The van der Waals surface area contributed by atoms with Crippen molar-refractivity contribution in [2.24, 2.45) is 11.3 Å². The van der Waals surface area contributed by atoms with Crippen LogP contribution in [0.5, 0.6) is 0 Å². The van der Waals surface area contributed by atoms with Crippen LogP contribution in [-0.4, -0.2) is 65.4 Å². The van der Waals surface area contributed by atoms with Gasteiger partial charge in [0.15, 0.2) is 0 Å². The Labute approximate surface area is 183 Å². The van der Waals surface area contributed by atoms with Crippen LogP contribution in [0.4, 0.5) is 5.95 Å². The molecule has 4 heterocycles. The van der Waals surface area contributed by atoms with E-state index in [1.807, 2.05) is 6.20 Å². The van der Waals surface area contributed by atoms with Gasteiger partial charge in [0.1, 0.15) is 5.60 Å². The molecule has 6 rings (SSSR count). The predicted octanol–water partition coefficient (Wildman–Crippen LogP) is 1.29. The van der Waals surface area contributed by atoms with Crippen LogP contribution in [0.2, 0.25) is 0 Å². The number of aliphatic hydroxyl groups is 1. The minimum Gasteiger partial charge on any atom is -0.391 e. The molecule has 4 atom stereocenters. The van der Waals surface area contributed by atoms with E-state index in [2.05, 4.69) is 50.5 Å². The van der Waals surface area contributed by atoms with E-state index in [9.17, 15) is 5.11 Å². The van der Waals surface area contributed by atoms with Crippen molar-refractivity contribution in [1.82, 2.24) is 20.2 Å². The van der Waals surface area contributed by atoms with Crippen molar-refractivity contribution in [3.05, 3.63) is 53.3 Å².